The lowest BCUT2D eigenvalue weighted by Crippen LogP contribution is -2.22. The van der Waals surface area contributed by atoms with Crippen LogP contribution in [0.15, 0.2) is 50.7 Å². The predicted molar refractivity (Wildman–Crippen MR) is 127 cm³/mol. The number of amides is 2. The number of fused-ring (bicyclic) bond motifs is 1. The van der Waals surface area contributed by atoms with E-state index < -0.39 is 23.6 Å². The summed E-state index contributed by atoms with van der Waals surface area (Å²) in [4.78, 5) is 29.3. The molecule has 0 saturated heterocycles. The third-order valence-corrected chi connectivity index (χ3v) is 6.10. The first-order valence-corrected chi connectivity index (χ1v) is 11.5. The molecule has 0 atom stereocenters. The second kappa shape index (κ2) is 9.82. The van der Waals surface area contributed by atoms with E-state index in [1.54, 1.807) is 19.2 Å². The SMILES string of the molecule is Cc1c(C(=O)Nc2cc(C(F)(F)F)ccc2Cl)oc2c1/C(=N/NC(=O)c1cncc(Br)c1)CCC2. The quantitative estimate of drug-likeness (QED) is 0.369. The standard InChI is InChI=1S/C23H17BrClF3N4O3/c1-11-19-16(31-32-21(33)12-7-14(24)10-29-9-12)3-2-4-18(19)35-20(11)22(34)30-17-8-13(23(26,27)28)5-6-15(17)25/h5-10H,2-4H2,1H3,(H,30,34)(H,32,33)/b31-16+. The number of pyridine rings is 1. The Balaban J connectivity index is 1.58. The molecule has 0 aliphatic heterocycles. The van der Waals surface area contributed by atoms with Crippen molar-refractivity contribution in [1.29, 1.82) is 0 Å². The largest absolute Gasteiger partial charge is 0.455 e. The zero-order valence-corrected chi connectivity index (χ0v) is 20.4. The molecule has 35 heavy (non-hydrogen) atoms. The average molecular weight is 570 g/mol. The van der Waals surface area contributed by atoms with E-state index in [9.17, 15) is 22.8 Å². The van der Waals surface area contributed by atoms with Crippen molar-refractivity contribution in [3.63, 3.8) is 0 Å². The van der Waals surface area contributed by atoms with Crippen molar-refractivity contribution in [3.05, 3.63) is 79.9 Å². The molecule has 2 heterocycles. The van der Waals surface area contributed by atoms with Crippen LogP contribution in [0.1, 0.15) is 56.2 Å². The van der Waals surface area contributed by atoms with Crippen molar-refractivity contribution in [1.82, 2.24) is 10.4 Å². The van der Waals surface area contributed by atoms with Crippen LogP contribution in [0.25, 0.3) is 0 Å². The summed E-state index contributed by atoms with van der Waals surface area (Å²) in [6.07, 6.45) is 0.0985. The Morgan fingerprint density at radius 3 is 2.66 bits per heavy atom. The number of hydrazone groups is 1. The van der Waals surface area contributed by atoms with E-state index in [0.717, 1.165) is 18.2 Å². The highest BCUT2D eigenvalue weighted by Gasteiger charge is 2.32. The minimum Gasteiger partial charge on any atom is -0.455 e. The summed E-state index contributed by atoms with van der Waals surface area (Å²) in [6, 6.07) is 4.25. The van der Waals surface area contributed by atoms with Crippen molar-refractivity contribution < 1.29 is 27.2 Å². The summed E-state index contributed by atoms with van der Waals surface area (Å²) in [5, 5.41) is 6.58. The Kier molecular flexibility index (Phi) is 7.00. The van der Waals surface area contributed by atoms with Gasteiger partial charge in [-0.2, -0.15) is 18.3 Å². The van der Waals surface area contributed by atoms with E-state index in [0.29, 0.717) is 51.9 Å². The van der Waals surface area contributed by atoms with Gasteiger partial charge in [0.1, 0.15) is 5.76 Å². The topological polar surface area (TPSA) is 96.6 Å². The smallest absolute Gasteiger partial charge is 0.416 e. The molecule has 7 nitrogen and oxygen atoms in total. The maximum Gasteiger partial charge on any atom is 0.416 e. The van der Waals surface area contributed by atoms with Crippen LogP contribution < -0.4 is 10.7 Å². The highest BCUT2D eigenvalue weighted by atomic mass is 79.9. The number of anilines is 1. The lowest BCUT2D eigenvalue weighted by atomic mass is 9.93. The van der Waals surface area contributed by atoms with Gasteiger partial charge in [0, 0.05) is 34.4 Å². The number of nitrogens with one attached hydrogen (secondary N) is 2. The Hall–Kier alpha value is -3.18. The summed E-state index contributed by atoms with van der Waals surface area (Å²) in [5.74, 6) is -0.773. The van der Waals surface area contributed by atoms with E-state index in [4.69, 9.17) is 16.0 Å². The Labute approximate surface area is 210 Å². The Morgan fingerprint density at radius 1 is 1.17 bits per heavy atom. The van der Waals surface area contributed by atoms with E-state index in [2.05, 4.69) is 36.8 Å². The second-order valence-electron chi connectivity index (χ2n) is 7.75. The fraction of sp³-hybridized carbons (Fsp3) is 0.217. The van der Waals surface area contributed by atoms with Gasteiger partial charge in [0.25, 0.3) is 11.8 Å². The number of carbonyl (C=O) groups excluding carboxylic acids is 2. The van der Waals surface area contributed by atoms with Crippen molar-refractivity contribution in [2.45, 2.75) is 32.4 Å². The van der Waals surface area contributed by atoms with Gasteiger partial charge in [0.15, 0.2) is 5.76 Å². The molecular weight excluding hydrogens is 553 g/mol. The number of nitrogens with zero attached hydrogens (tertiary/aromatic N) is 2. The number of furan rings is 1. The zero-order chi connectivity index (χ0) is 25.3. The van der Waals surface area contributed by atoms with E-state index in [1.807, 2.05) is 0 Å². The van der Waals surface area contributed by atoms with E-state index in [-0.39, 0.29) is 16.5 Å². The van der Waals surface area contributed by atoms with Crippen molar-refractivity contribution >= 4 is 50.7 Å². The molecular formula is C23H17BrClF3N4O3. The maximum atomic E-state index is 13.1. The molecule has 1 aromatic carbocycles. The lowest BCUT2D eigenvalue weighted by Gasteiger charge is -2.13. The molecule has 4 rings (SSSR count). The van der Waals surface area contributed by atoms with E-state index in [1.165, 1.54) is 6.20 Å². The fourth-order valence-electron chi connectivity index (χ4n) is 3.69. The molecule has 1 aliphatic rings. The number of hydrogen-bond donors (Lipinski definition) is 2. The number of aromatic nitrogens is 1. The zero-order valence-electron chi connectivity index (χ0n) is 18.1. The molecule has 2 N–H and O–H groups in total. The summed E-state index contributed by atoms with van der Waals surface area (Å²) < 4.78 is 45.6. The summed E-state index contributed by atoms with van der Waals surface area (Å²) in [6.45, 7) is 1.64. The van der Waals surface area contributed by atoms with Crippen LogP contribution >= 0.6 is 27.5 Å². The van der Waals surface area contributed by atoms with Gasteiger partial charge in [-0.1, -0.05) is 11.6 Å². The van der Waals surface area contributed by atoms with Crippen LogP contribution in [0.5, 0.6) is 0 Å². The third-order valence-electron chi connectivity index (χ3n) is 5.33. The number of alkyl halides is 3. The molecule has 0 bridgehead atoms. The average Bonchev–Trinajstić information content (AvgIpc) is 3.15. The highest BCUT2D eigenvalue weighted by molar-refractivity contribution is 9.10. The summed E-state index contributed by atoms with van der Waals surface area (Å²) >= 11 is 9.25. The highest BCUT2D eigenvalue weighted by Crippen LogP contribution is 2.35. The molecule has 0 fully saturated rings. The first-order chi connectivity index (χ1) is 16.5. The van der Waals surface area contributed by atoms with E-state index >= 15 is 0 Å². The van der Waals surface area contributed by atoms with Gasteiger partial charge < -0.3 is 9.73 Å². The molecule has 1 aliphatic carbocycles. The molecule has 0 unspecified atom stereocenters. The van der Waals surface area contributed by atoms with Crippen molar-refractivity contribution in [3.8, 4) is 0 Å². The molecule has 12 heteroatoms. The predicted octanol–water partition coefficient (Wildman–Crippen LogP) is 6.14. The minimum atomic E-state index is -4.59. The first kappa shape index (κ1) is 24.9. The van der Waals surface area contributed by atoms with Gasteiger partial charge in [-0.15, -0.1) is 0 Å². The van der Waals surface area contributed by atoms with Crippen molar-refractivity contribution in [2.75, 3.05) is 5.32 Å². The number of carbonyl (C=O) groups is 2. The summed E-state index contributed by atoms with van der Waals surface area (Å²) in [7, 11) is 0. The monoisotopic (exact) mass is 568 g/mol. The van der Waals surface area contributed by atoms with Crippen LogP contribution in [0.4, 0.5) is 18.9 Å². The van der Waals surface area contributed by atoms with Gasteiger partial charge in [-0.25, -0.2) is 5.43 Å². The molecule has 182 valence electrons. The second-order valence-corrected chi connectivity index (χ2v) is 9.07. The molecule has 2 aromatic heterocycles. The number of aryl methyl sites for hydroxylation is 1. The van der Waals surface area contributed by atoms with Crippen LogP contribution in [0.3, 0.4) is 0 Å². The van der Waals surface area contributed by atoms with Gasteiger partial charge in [0.05, 0.1) is 27.5 Å². The lowest BCUT2D eigenvalue weighted by molar-refractivity contribution is -0.137. The Morgan fingerprint density at radius 2 is 1.94 bits per heavy atom. The van der Waals surface area contributed by atoms with Gasteiger partial charge in [0.2, 0.25) is 0 Å². The number of rotatable bonds is 4. The number of hydrogen-bond acceptors (Lipinski definition) is 5. The molecule has 2 amide bonds. The maximum absolute atomic E-state index is 13.1. The molecule has 0 radical (unpaired) electrons. The van der Waals surface area contributed by atoms with Gasteiger partial charge in [-0.3, -0.25) is 14.6 Å². The van der Waals surface area contributed by atoms with Crippen LogP contribution in [-0.2, 0) is 12.6 Å². The van der Waals surface area contributed by atoms with Gasteiger partial charge in [-0.05, 0) is 60.0 Å². The van der Waals surface area contributed by atoms with Crippen LogP contribution in [0.2, 0.25) is 5.02 Å². The Bertz CT molecular complexity index is 1350. The van der Waals surface area contributed by atoms with Crippen LogP contribution in [0, 0.1) is 6.92 Å². The van der Waals surface area contributed by atoms with Crippen LogP contribution in [-0.4, -0.2) is 22.5 Å². The normalized spacial score (nSPS) is 14.5. The van der Waals surface area contributed by atoms with Crippen molar-refractivity contribution in [2.24, 2.45) is 5.10 Å². The van der Waals surface area contributed by atoms with Gasteiger partial charge >= 0.3 is 6.18 Å². The fourth-order valence-corrected chi connectivity index (χ4v) is 4.22. The third kappa shape index (κ3) is 5.40. The molecule has 0 saturated carbocycles. The molecule has 3 aromatic rings. The molecule has 0 spiro atoms. The number of halogens is 5. The summed E-state index contributed by atoms with van der Waals surface area (Å²) in [5.41, 5.74) is 3.23. The number of benzene rings is 1. The first-order valence-electron chi connectivity index (χ1n) is 10.3. The minimum absolute atomic E-state index is 0.0488.